The quantitative estimate of drug-likeness (QED) is 0.658. The Labute approximate surface area is 137 Å². The van der Waals surface area contributed by atoms with E-state index in [9.17, 15) is 8.42 Å². The molecular weight excluding hydrogens is 312 g/mol. The van der Waals surface area contributed by atoms with Crippen molar-refractivity contribution >= 4 is 10.4 Å². The number of allylic oxidation sites excluding steroid dienone is 2. The van der Waals surface area contributed by atoms with E-state index < -0.39 is 10.4 Å². The highest BCUT2D eigenvalue weighted by Crippen LogP contribution is 2.58. The molecule has 0 spiro atoms. The molecule has 1 N–H and O–H groups in total. The van der Waals surface area contributed by atoms with Crippen LogP contribution in [0.25, 0.3) is 0 Å². The molecule has 0 heterocycles. The molecule has 1 saturated carbocycles. The Morgan fingerprint density at radius 2 is 2.13 bits per heavy atom. The molecule has 0 aliphatic heterocycles. The zero-order valence-corrected chi connectivity index (χ0v) is 14.1. The van der Waals surface area contributed by atoms with E-state index in [0.717, 1.165) is 18.8 Å². The predicted molar refractivity (Wildman–Crippen MR) is 87.8 cm³/mol. The predicted octanol–water partition coefficient (Wildman–Crippen LogP) is 3.89. The van der Waals surface area contributed by atoms with Crippen LogP contribution in [0.4, 0.5) is 0 Å². The average Bonchev–Trinajstić information content (AvgIpc) is 2.86. The van der Waals surface area contributed by atoms with Gasteiger partial charge in [-0.25, -0.2) is 0 Å². The number of hydrogen-bond donors (Lipinski definition) is 1. The fourth-order valence-electron chi connectivity index (χ4n) is 5.21. The molecule has 1 fully saturated rings. The Balaban J connectivity index is 1.64. The van der Waals surface area contributed by atoms with Crippen LogP contribution in [0, 0.1) is 17.3 Å². The minimum Gasteiger partial charge on any atom is -0.362 e. The molecule has 3 aliphatic carbocycles. The van der Waals surface area contributed by atoms with E-state index in [1.54, 1.807) is 12.1 Å². The minimum absolute atomic E-state index is 0.202. The van der Waals surface area contributed by atoms with Crippen LogP contribution < -0.4 is 4.18 Å². The van der Waals surface area contributed by atoms with Gasteiger partial charge in [-0.3, -0.25) is 4.55 Å². The van der Waals surface area contributed by atoms with E-state index in [2.05, 4.69) is 23.3 Å². The Bertz CT molecular complexity index is 767. The smallest absolute Gasteiger partial charge is 0.362 e. The fraction of sp³-hybridized carbons (Fsp3) is 0.556. The van der Waals surface area contributed by atoms with Crippen LogP contribution >= 0.6 is 0 Å². The van der Waals surface area contributed by atoms with Crippen LogP contribution in [0.2, 0.25) is 0 Å². The maximum Gasteiger partial charge on any atom is 0.446 e. The first-order chi connectivity index (χ1) is 10.9. The van der Waals surface area contributed by atoms with Crippen LogP contribution in [0.1, 0.15) is 49.7 Å². The summed E-state index contributed by atoms with van der Waals surface area (Å²) in [6.45, 7) is 2.40. The van der Waals surface area contributed by atoms with Gasteiger partial charge in [-0.05, 0) is 78.5 Å². The van der Waals surface area contributed by atoms with Crippen LogP contribution in [0.3, 0.4) is 0 Å². The average molecular weight is 334 g/mol. The monoisotopic (exact) mass is 334 g/mol. The van der Waals surface area contributed by atoms with Gasteiger partial charge >= 0.3 is 10.4 Å². The Morgan fingerprint density at radius 1 is 1.30 bits per heavy atom. The first kappa shape index (κ1) is 15.2. The molecule has 0 amide bonds. The lowest BCUT2D eigenvalue weighted by Gasteiger charge is -2.49. The third kappa shape index (κ3) is 2.60. The summed E-state index contributed by atoms with van der Waals surface area (Å²) in [5, 5.41) is 0. The maximum absolute atomic E-state index is 10.9. The lowest BCUT2D eigenvalue weighted by atomic mass is 9.56. The highest BCUT2D eigenvalue weighted by atomic mass is 32.3. The topological polar surface area (TPSA) is 63.6 Å². The lowest BCUT2D eigenvalue weighted by Crippen LogP contribution is -2.39. The second-order valence-corrected chi connectivity index (χ2v) is 8.49. The van der Waals surface area contributed by atoms with Crippen LogP contribution in [-0.4, -0.2) is 13.0 Å². The lowest BCUT2D eigenvalue weighted by molar-refractivity contribution is 0.0826. The molecule has 0 radical (unpaired) electrons. The second kappa shape index (κ2) is 5.08. The summed E-state index contributed by atoms with van der Waals surface area (Å²) in [4.78, 5) is 0. The van der Waals surface area contributed by atoms with Crippen molar-refractivity contribution in [2.24, 2.45) is 17.3 Å². The van der Waals surface area contributed by atoms with E-state index in [0.29, 0.717) is 17.3 Å². The zero-order chi connectivity index (χ0) is 16.2. The molecule has 5 heteroatoms. The molecule has 0 unspecified atom stereocenters. The van der Waals surface area contributed by atoms with Crippen molar-refractivity contribution in [2.75, 3.05) is 0 Å². The standard InChI is InChI=1S/C18H22O4S/c1-18-9-2-3-17(18)16-6-4-12-11-13(22-23(19,20)21)5-7-14(12)15(16)8-10-18/h2,5,7,9,11,15-17H,3-4,6,8,10H2,1H3,(H,19,20,21)/t15-,16-,17+,18+/m1/s1. The largest absolute Gasteiger partial charge is 0.446 e. The molecule has 1 aromatic carbocycles. The Hall–Kier alpha value is -1.33. The van der Waals surface area contributed by atoms with Crippen molar-refractivity contribution in [1.82, 2.24) is 0 Å². The second-order valence-electron chi connectivity index (χ2n) is 7.47. The number of fused-ring (bicyclic) bond motifs is 5. The van der Waals surface area contributed by atoms with Gasteiger partial charge < -0.3 is 4.18 Å². The van der Waals surface area contributed by atoms with Crippen molar-refractivity contribution in [1.29, 1.82) is 0 Å². The van der Waals surface area contributed by atoms with Crippen LogP contribution in [0.15, 0.2) is 30.4 Å². The summed E-state index contributed by atoms with van der Waals surface area (Å²) < 4.78 is 35.2. The highest BCUT2D eigenvalue weighted by Gasteiger charge is 2.48. The zero-order valence-electron chi connectivity index (χ0n) is 13.2. The SMILES string of the molecule is C[C@@]12C=CC[C@H]1[C@@H]1CCc3cc(OS(=O)(=O)O)ccc3[C@H]1CC2. The van der Waals surface area contributed by atoms with Crippen LogP contribution in [0.5, 0.6) is 5.75 Å². The molecule has 4 nitrogen and oxygen atoms in total. The highest BCUT2D eigenvalue weighted by molar-refractivity contribution is 7.81. The number of hydrogen-bond acceptors (Lipinski definition) is 3. The third-order valence-corrected chi connectivity index (χ3v) is 6.63. The molecule has 4 rings (SSSR count). The summed E-state index contributed by atoms with van der Waals surface area (Å²) in [5.74, 6) is 2.22. The maximum atomic E-state index is 10.9. The van der Waals surface area contributed by atoms with Gasteiger partial charge in [0.25, 0.3) is 0 Å². The van der Waals surface area contributed by atoms with E-state index in [4.69, 9.17) is 4.55 Å². The molecular formula is C18H22O4S. The fourth-order valence-corrected chi connectivity index (χ4v) is 5.56. The van der Waals surface area contributed by atoms with Gasteiger partial charge in [-0.15, -0.1) is 0 Å². The van der Waals surface area contributed by atoms with E-state index in [1.807, 2.05) is 6.07 Å². The van der Waals surface area contributed by atoms with Crippen molar-refractivity contribution in [2.45, 2.75) is 44.9 Å². The number of rotatable bonds is 2. The van der Waals surface area contributed by atoms with Gasteiger partial charge in [0.05, 0.1) is 0 Å². The van der Waals surface area contributed by atoms with Gasteiger partial charge in [0.15, 0.2) is 0 Å². The summed E-state index contributed by atoms with van der Waals surface area (Å²) in [6, 6.07) is 5.44. The third-order valence-electron chi connectivity index (χ3n) is 6.23. The van der Waals surface area contributed by atoms with Gasteiger partial charge in [-0.2, -0.15) is 8.42 Å². The summed E-state index contributed by atoms with van der Waals surface area (Å²) in [6.07, 6.45) is 10.5. The van der Waals surface area contributed by atoms with E-state index in [1.165, 1.54) is 30.4 Å². The first-order valence-corrected chi connectivity index (χ1v) is 9.70. The molecule has 124 valence electrons. The number of benzene rings is 1. The molecule has 0 saturated heterocycles. The molecule has 3 aliphatic rings. The van der Waals surface area contributed by atoms with Crippen molar-refractivity contribution in [3.05, 3.63) is 41.5 Å². The number of aryl methyl sites for hydroxylation is 1. The van der Waals surface area contributed by atoms with E-state index in [-0.39, 0.29) is 5.75 Å². The normalized spacial score (nSPS) is 35.3. The van der Waals surface area contributed by atoms with Crippen LogP contribution in [-0.2, 0) is 16.8 Å². The minimum atomic E-state index is -4.46. The summed E-state index contributed by atoms with van der Waals surface area (Å²) >= 11 is 0. The van der Waals surface area contributed by atoms with Gasteiger partial charge in [0.1, 0.15) is 5.75 Å². The van der Waals surface area contributed by atoms with E-state index >= 15 is 0 Å². The summed E-state index contributed by atoms with van der Waals surface area (Å²) in [7, 11) is -4.46. The van der Waals surface area contributed by atoms with Gasteiger partial charge in [0, 0.05) is 0 Å². The van der Waals surface area contributed by atoms with Gasteiger partial charge in [0.2, 0.25) is 0 Å². The van der Waals surface area contributed by atoms with Crippen molar-refractivity contribution in [3.63, 3.8) is 0 Å². The molecule has 1 aromatic rings. The van der Waals surface area contributed by atoms with Crippen molar-refractivity contribution in [3.8, 4) is 5.75 Å². The molecule has 0 bridgehead atoms. The summed E-state index contributed by atoms with van der Waals surface area (Å²) in [5.41, 5.74) is 2.88. The molecule has 0 aromatic heterocycles. The molecule has 4 atom stereocenters. The van der Waals surface area contributed by atoms with Gasteiger partial charge in [-0.1, -0.05) is 25.1 Å². The molecule has 23 heavy (non-hydrogen) atoms. The van der Waals surface area contributed by atoms with Crippen molar-refractivity contribution < 1.29 is 17.2 Å². The Kier molecular flexibility index (Phi) is 3.36. The Morgan fingerprint density at radius 3 is 2.91 bits per heavy atom. The first-order valence-electron chi connectivity index (χ1n) is 8.33.